The lowest BCUT2D eigenvalue weighted by Crippen LogP contribution is -2.26. The van der Waals surface area contributed by atoms with Crippen LogP contribution in [0.4, 0.5) is 5.69 Å². The zero-order chi connectivity index (χ0) is 20.7. The Bertz CT molecular complexity index is 1330. The molecule has 0 radical (unpaired) electrons. The monoisotopic (exact) mass is 390 g/mol. The summed E-state index contributed by atoms with van der Waals surface area (Å²) in [5, 5.41) is 10.8. The molecule has 0 unspecified atom stereocenters. The number of para-hydroxylation sites is 2. The van der Waals surface area contributed by atoms with Gasteiger partial charge in [0.25, 0.3) is 11.2 Å². The number of aromatic nitrogens is 3. The van der Waals surface area contributed by atoms with E-state index < -0.39 is 4.92 Å². The Kier molecular flexibility index (Phi) is 4.46. The number of rotatable bonds is 5. The van der Waals surface area contributed by atoms with Gasteiger partial charge in [-0.15, -0.1) is 0 Å². The van der Waals surface area contributed by atoms with Crippen molar-refractivity contribution in [2.24, 2.45) is 0 Å². The maximum absolute atomic E-state index is 13.0. The van der Waals surface area contributed by atoms with Crippen LogP contribution in [0.3, 0.4) is 0 Å². The molecule has 4 aromatic rings. The molecular formula is C21H18N4O4. The largest absolute Gasteiger partial charge is 0.307 e. The summed E-state index contributed by atoms with van der Waals surface area (Å²) in [5.41, 5.74) is 2.84. The number of fused-ring (bicyclic) bond motifs is 3. The van der Waals surface area contributed by atoms with Gasteiger partial charge in [0.15, 0.2) is 5.78 Å². The molecule has 0 saturated heterocycles. The van der Waals surface area contributed by atoms with Crippen LogP contribution in [-0.2, 0) is 13.0 Å². The van der Waals surface area contributed by atoms with Gasteiger partial charge in [-0.05, 0) is 37.6 Å². The van der Waals surface area contributed by atoms with Crippen LogP contribution in [-0.4, -0.2) is 24.7 Å². The van der Waals surface area contributed by atoms with Gasteiger partial charge in [-0.2, -0.15) is 0 Å². The molecule has 2 aromatic carbocycles. The number of nitro groups is 1. The lowest BCUT2D eigenvalue weighted by Gasteiger charge is -2.15. The van der Waals surface area contributed by atoms with Gasteiger partial charge in [0.05, 0.1) is 22.5 Å². The Morgan fingerprint density at radius 1 is 1.14 bits per heavy atom. The van der Waals surface area contributed by atoms with E-state index in [4.69, 9.17) is 0 Å². The molecule has 8 nitrogen and oxygen atoms in total. The Labute approximate surface area is 165 Å². The van der Waals surface area contributed by atoms with Gasteiger partial charge in [-0.1, -0.05) is 19.1 Å². The van der Waals surface area contributed by atoms with E-state index in [-0.39, 0.29) is 23.6 Å². The standard InChI is InChI=1S/C21H18N4O4/c1-3-16-13(2)23(12-19(26)14-8-10-15(11-9-14)25(28)29)21-22-17-6-4-5-7-18(17)24(21)20(16)27/h4-11H,3,12H2,1-2H3. The van der Waals surface area contributed by atoms with Gasteiger partial charge in [0.2, 0.25) is 5.78 Å². The Hall–Kier alpha value is -3.81. The third-order valence-electron chi connectivity index (χ3n) is 5.14. The first-order valence-corrected chi connectivity index (χ1v) is 9.19. The Morgan fingerprint density at radius 3 is 2.48 bits per heavy atom. The lowest BCUT2D eigenvalue weighted by atomic mass is 10.1. The van der Waals surface area contributed by atoms with Crippen LogP contribution in [0.1, 0.15) is 28.5 Å². The summed E-state index contributed by atoms with van der Waals surface area (Å²) in [6.45, 7) is 3.68. The van der Waals surface area contributed by atoms with Gasteiger partial charge >= 0.3 is 0 Å². The van der Waals surface area contributed by atoms with E-state index in [2.05, 4.69) is 4.98 Å². The summed E-state index contributed by atoms with van der Waals surface area (Å²) >= 11 is 0. The SMILES string of the molecule is CCc1c(C)n(CC(=O)c2ccc([N+](=O)[O-])cc2)c2nc3ccccc3n2c1=O. The normalized spacial score (nSPS) is 11.2. The number of Topliss-reactive ketones (excluding diaryl/α,β-unsaturated/α-hetero) is 1. The number of ketones is 1. The predicted octanol–water partition coefficient (Wildman–Crippen LogP) is 3.31. The molecule has 0 aliphatic carbocycles. The maximum atomic E-state index is 13.0. The molecule has 0 saturated carbocycles. The van der Waals surface area contributed by atoms with Crippen LogP contribution in [0, 0.1) is 17.0 Å². The minimum atomic E-state index is -0.507. The van der Waals surface area contributed by atoms with Gasteiger partial charge in [0, 0.05) is 29.0 Å². The second kappa shape index (κ2) is 6.97. The number of non-ortho nitro benzene ring substituents is 1. The minimum Gasteiger partial charge on any atom is -0.307 e. The molecule has 0 spiro atoms. The van der Waals surface area contributed by atoms with Crippen molar-refractivity contribution >= 4 is 28.3 Å². The number of nitro benzene ring substituents is 1. The third-order valence-corrected chi connectivity index (χ3v) is 5.14. The number of hydrogen-bond donors (Lipinski definition) is 0. The molecule has 8 heteroatoms. The van der Waals surface area contributed by atoms with E-state index in [1.165, 1.54) is 24.3 Å². The number of imidazole rings is 1. The summed E-state index contributed by atoms with van der Waals surface area (Å²) in [6, 6.07) is 12.8. The Morgan fingerprint density at radius 2 is 1.83 bits per heavy atom. The fourth-order valence-corrected chi connectivity index (χ4v) is 3.60. The summed E-state index contributed by atoms with van der Waals surface area (Å²) in [4.78, 5) is 40.8. The van der Waals surface area contributed by atoms with Crippen molar-refractivity contribution in [1.29, 1.82) is 0 Å². The molecule has 0 aliphatic rings. The van der Waals surface area contributed by atoms with Crippen molar-refractivity contribution in [2.75, 3.05) is 0 Å². The first-order valence-electron chi connectivity index (χ1n) is 9.19. The number of carbonyl (C=O) groups excluding carboxylic acids is 1. The number of nitrogens with zero attached hydrogens (tertiary/aromatic N) is 4. The third kappa shape index (κ3) is 2.98. The number of benzene rings is 2. The van der Waals surface area contributed by atoms with E-state index in [9.17, 15) is 19.7 Å². The topological polar surface area (TPSA) is 99.5 Å². The second-order valence-corrected chi connectivity index (χ2v) is 6.77. The van der Waals surface area contributed by atoms with Crippen molar-refractivity contribution in [3.05, 3.63) is 85.8 Å². The van der Waals surface area contributed by atoms with Crippen LogP contribution >= 0.6 is 0 Å². The summed E-state index contributed by atoms with van der Waals surface area (Å²) < 4.78 is 3.29. The first-order chi connectivity index (χ1) is 13.9. The number of carbonyl (C=O) groups is 1. The van der Waals surface area contributed by atoms with Crippen molar-refractivity contribution in [2.45, 2.75) is 26.8 Å². The molecule has 0 fully saturated rings. The smallest absolute Gasteiger partial charge is 0.269 e. The lowest BCUT2D eigenvalue weighted by molar-refractivity contribution is -0.384. The zero-order valence-corrected chi connectivity index (χ0v) is 16.0. The van der Waals surface area contributed by atoms with Crippen LogP contribution in [0.5, 0.6) is 0 Å². The highest BCUT2D eigenvalue weighted by Gasteiger charge is 2.19. The molecule has 4 rings (SSSR count). The molecule has 2 heterocycles. The Balaban J connectivity index is 1.87. The average molecular weight is 390 g/mol. The summed E-state index contributed by atoms with van der Waals surface area (Å²) in [7, 11) is 0. The summed E-state index contributed by atoms with van der Waals surface area (Å²) in [6.07, 6.45) is 0.527. The van der Waals surface area contributed by atoms with Crippen molar-refractivity contribution in [1.82, 2.24) is 14.0 Å². The molecule has 146 valence electrons. The molecule has 0 bridgehead atoms. The zero-order valence-electron chi connectivity index (χ0n) is 16.0. The quantitative estimate of drug-likeness (QED) is 0.296. The molecule has 0 amide bonds. The highest BCUT2D eigenvalue weighted by atomic mass is 16.6. The molecule has 0 aliphatic heterocycles. The molecule has 0 N–H and O–H groups in total. The van der Waals surface area contributed by atoms with E-state index >= 15 is 0 Å². The first kappa shape index (κ1) is 18.5. The van der Waals surface area contributed by atoms with Gasteiger partial charge in [-0.25, -0.2) is 9.38 Å². The highest BCUT2D eigenvalue weighted by molar-refractivity contribution is 5.96. The molecular weight excluding hydrogens is 372 g/mol. The van der Waals surface area contributed by atoms with Crippen molar-refractivity contribution < 1.29 is 9.72 Å². The fourth-order valence-electron chi connectivity index (χ4n) is 3.60. The van der Waals surface area contributed by atoms with Gasteiger partial charge in [-0.3, -0.25) is 19.7 Å². The minimum absolute atomic E-state index is 0.0241. The van der Waals surface area contributed by atoms with Crippen molar-refractivity contribution in [3.8, 4) is 0 Å². The van der Waals surface area contributed by atoms with Gasteiger partial charge in [0.1, 0.15) is 0 Å². The van der Waals surface area contributed by atoms with E-state index in [0.29, 0.717) is 40.1 Å². The van der Waals surface area contributed by atoms with Gasteiger partial charge < -0.3 is 4.57 Å². The summed E-state index contributed by atoms with van der Waals surface area (Å²) in [5.74, 6) is 0.184. The number of hydrogen-bond acceptors (Lipinski definition) is 5. The fraction of sp³-hybridized carbons (Fsp3) is 0.190. The second-order valence-electron chi connectivity index (χ2n) is 6.77. The molecule has 2 aromatic heterocycles. The predicted molar refractivity (Wildman–Crippen MR) is 108 cm³/mol. The van der Waals surface area contributed by atoms with E-state index in [0.717, 1.165) is 0 Å². The maximum Gasteiger partial charge on any atom is 0.269 e. The molecule has 29 heavy (non-hydrogen) atoms. The average Bonchev–Trinajstić information content (AvgIpc) is 3.11. The highest BCUT2D eigenvalue weighted by Crippen LogP contribution is 2.19. The van der Waals surface area contributed by atoms with Crippen LogP contribution < -0.4 is 5.56 Å². The van der Waals surface area contributed by atoms with Crippen molar-refractivity contribution in [3.63, 3.8) is 0 Å². The van der Waals surface area contributed by atoms with Crippen LogP contribution in [0.15, 0.2) is 53.3 Å². The van der Waals surface area contributed by atoms with E-state index in [1.54, 1.807) is 8.97 Å². The molecule has 0 atom stereocenters. The van der Waals surface area contributed by atoms with Crippen LogP contribution in [0.2, 0.25) is 0 Å². The van der Waals surface area contributed by atoms with E-state index in [1.807, 2.05) is 38.1 Å². The van der Waals surface area contributed by atoms with Crippen LogP contribution in [0.25, 0.3) is 16.8 Å².